The topological polar surface area (TPSA) is 112 Å². The van der Waals surface area contributed by atoms with Gasteiger partial charge in [-0.2, -0.15) is 0 Å². The second-order valence-electron chi connectivity index (χ2n) is 9.37. The maximum absolute atomic E-state index is 12.4. The number of hydrogen-bond donors (Lipinski definition) is 0. The van der Waals surface area contributed by atoms with Crippen LogP contribution in [0, 0.1) is 9.68 Å². The molecule has 0 spiro atoms. The molecular formula is C27H33I2O7S3V-. The van der Waals surface area contributed by atoms with Gasteiger partial charge in [0, 0.05) is 30.9 Å². The Balaban J connectivity index is 0.000000346. The summed E-state index contributed by atoms with van der Waals surface area (Å²) in [5.41, 5.74) is 0. The van der Waals surface area contributed by atoms with Gasteiger partial charge in [0.15, 0.2) is 19.7 Å². The van der Waals surface area contributed by atoms with Crippen molar-refractivity contribution < 1.29 is 49.7 Å². The van der Waals surface area contributed by atoms with Crippen LogP contribution < -0.4 is 0 Å². The first-order chi connectivity index (χ1) is 18.4. The number of Topliss-reactive ketones (excluding diaryl/α,β-unsaturated/α-hetero) is 1. The SMILES string of the molecule is C[C@@H]1CC[C@H](S(=O)(=O)c2ccccc2)CC(=O)O1.C[C@@H]1CC[C@H](S(=O)(=O)c2ccccc2)CC1=O.I[CH-]SI.[V]. The van der Waals surface area contributed by atoms with E-state index in [1.165, 1.54) is 0 Å². The predicted octanol–water partition coefficient (Wildman–Crippen LogP) is 6.78. The van der Waals surface area contributed by atoms with Crippen LogP contribution in [0.4, 0.5) is 0 Å². The second kappa shape index (κ2) is 18.5. The van der Waals surface area contributed by atoms with E-state index < -0.39 is 36.1 Å². The van der Waals surface area contributed by atoms with Gasteiger partial charge < -0.3 is 27.3 Å². The number of carbonyl (C=O) groups excluding carboxylic acids is 2. The minimum atomic E-state index is -3.44. The Labute approximate surface area is 280 Å². The molecule has 0 aromatic heterocycles. The monoisotopic (exact) mass is 870 g/mol. The van der Waals surface area contributed by atoms with Gasteiger partial charge in [0.2, 0.25) is 0 Å². The van der Waals surface area contributed by atoms with Gasteiger partial charge in [0.1, 0.15) is 5.78 Å². The number of sulfone groups is 2. The Bertz CT molecular complexity index is 1280. The van der Waals surface area contributed by atoms with Gasteiger partial charge in [-0.3, -0.25) is 18.5 Å². The van der Waals surface area contributed by atoms with Crippen molar-refractivity contribution in [1.29, 1.82) is 0 Å². The number of ketones is 1. The van der Waals surface area contributed by atoms with Crippen molar-refractivity contribution in [2.24, 2.45) is 5.92 Å². The summed E-state index contributed by atoms with van der Waals surface area (Å²) in [5.74, 6) is -0.345. The van der Waals surface area contributed by atoms with Crippen molar-refractivity contribution in [3.8, 4) is 0 Å². The molecule has 2 aliphatic rings. The van der Waals surface area contributed by atoms with Crippen LogP contribution in [0.3, 0.4) is 0 Å². The second-order valence-corrected chi connectivity index (χ2v) is 17.2. The summed E-state index contributed by atoms with van der Waals surface area (Å²) in [4.78, 5) is 23.7. The standard InChI is InChI=1S/C13H16O4S.C13H16O3S.CHI2S.V/c1-10-7-8-12(9-13(14)17-10)18(15,16)11-5-3-2-4-6-11;1-10-7-8-12(9-13(10)14)17(15,16)11-5-3-2-4-6-11;2-1-4-3;/h2-6,10,12H,7-9H2,1H3;2-6,10,12H,7-9H2,1H3;1H;/q;;-1;/t2*10-,12+;;/m11../s1. The average molecular weight is 871 g/mol. The number of halogens is 2. The Morgan fingerprint density at radius 2 is 1.20 bits per heavy atom. The van der Waals surface area contributed by atoms with Crippen LogP contribution in [-0.2, 0) is 52.6 Å². The zero-order valence-corrected chi connectivity index (χ0v) is 30.3. The average Bonchev–Trinajstić information content (AvgIpc) is 3.11. The summed E-state index contributed by atoms with van der Waals surface area (Å²) in [6.45, 7) is 3.66. The Hall–Kier alpha value is -0.126. The fraction of sp³-hybridized carbons (Fsp3) is 0.444. The van der Waals surface area contributed by atoms with Crippen LogP contribution >= 0.6 is 52.7 Å². The number of rotatable bonds is 5. The molecule has 0 bridgehead atoms. The van der Waals surface area contributed by atoms with E-state index >= 15 is 0 Å². The molecule has 1 radical (unpaired) electrons. The molecule has 1 aliphatic carbocycles. The molecular weight excluding hydrogens is 837 g/mol. The van der Waals surface area contributed by atoms with E-state index in [-0.39, 0.29) is 54.1 Å². The van der Waals surface area contributed by atoms with Gasteiger partial charge >= 0.3 is 5.97 Å². The molecule has 0 N–H and O–H groups in total. The maximum Gasteiger partial charge on any atom is 0.307 e. The van der Waals surface area contributed by atoms with Gasteiger partial charge in [0.25, 0.3) is 0 Å². The van der Waals surface area contributed by atoms with Crippen LogP contribution in [0.15, 0.2) is 70.5 Å². The normalized spacial score (nSPS) is 23.1. The molecule has 1 saturated carbocycles. The van der Waals surface area contributed by atoms with Gasteiger partial charge in [-0.05, 0) is 78.1 Å². The molecule has 1 heterocycles. The van der Waals surface area contributed by atoms with E-state index in [1.54, 1.807) is 76.5 Å². The van der Waals surface area contributed by atoms with Crippen molar-refractivity contribution in [2.45, 2.75) is 78.8 Å². The predicted molar refractivity (Wildman–Crippen MR) is 172 cm³/mol. The molecule has 0 amide bonds. The van der Waals surface area contributed by atoms with E-state index in [0.717, 1.165) is 0 Å². The minimum absolute atomic E-state index is 0. The molecule has 40 heavy (non-hydrogen) atoms. The fourth-order valence-electron chi connectivity index (χ4n) is 4.30. The van der Waals surface area contributed by atoms with E-state index in [4.69, 9.17) is 4.74 Å². The number of cyclic esters (lactones) is 1. The quantitative estimate of drug-likeness (QED) is 0.184. The third-order valence-electron chi connectivity index (χ3n) is 6.58. The smallest absolute Gasteiger partial charge is 0.307 e. The van der Waals surface area contributed by atoms with Crippen LogP contribution in [0.1, 0.15) is 52.4 Å². The van der Waals surface area contributed by atoms with Crippen LogP contribution in [-0.4, -0.2) is 45.2 Å². The molecule has 13 heteroatoms. The first kappa shape index (κ1) is 37.9. The van der Waals surface area contributed by atoms with Crippen LogP contribution in [0.2, 0.25) is 0 Å². The van der Waals surface area contributed by atoms with E-state index in [0.29, 0.717) is 30.6 Å². The minimum Gasteiger partial charge on any atom is -0.463 e. The first-order valence-corrected chi connectivity index (χ1v) is 20.2. The Kier molecular flexibility index (Phi) is 17.5. The fourth-order valence-corrected chi connectivity index (χ4v) is 7.77. The summed E-state index contributed by atoms with van der Waals surface area (Å²) in [6.07, 6.45) is 2.22. The Morgan fingerprint density at radius 1 is 0.775 bits per heavy atom. The summed E-state index contributed by atoms with van der Waals surface area (Å²) in [7, 11) is -5.09. The molecule has 2 aromatic carbocycles. The maximum atomic E-state index is 12.4. The zero-order chi connectivity index (χ0) is 29.1. The summed E-state index contributed by atoms with van der Waals surface area (Å²) in [5, 5.41) is -1.20. The van der Waals surface area contributed by atoms with Crippen molar-refractivity contribution in [3.05, 3.63) is 64.4 Å². The summed E-state index contributed by atoms with van der Waals surface area (Å²) >= 11 is 4.39. The van der Waals surface area contributed by atoms with Crippen molar-refractivity contribution >= 4 is 84.2 Å². The number of benzene rings is 2. The molecule has 2 fully saturated rings. The van der Waals surface area contributed by atoms with E-state index in [1.807, 2.05) is 10.7 Å². The van der Waals surface area contributed by atoms with Gasteiger partial charge in [-0.15, -0.1) is 0 Å². The number of carbonyl (C=O) groups is 2. The molecule has 221 valence electrons. The molecule has 4 rings (SSSR count). The van der Waals surface area contributed by atoms with Gasteiger partial charge in [0.05, 0.1) is 32.8 Å². The Morgan fingerprint density at radius 3 is 1.62 bits per heavy atom. The van der Waals surface area contributed by atoms with Gasteiger partial charge in [-0.25, -0.2) is 20.6 Å². The molecule has 7 nitrogen and oxygen atoms in total. The molecule has 1 aliphatic heterocycles. The molecule has 1 saturated heterocycles. The number of esters is 1. The summed E-state index contributed by atoms with van der Waals surface area (Å²) < 4.78 is 56.4. The van der Waals surface area contributed by atoms with Crippen LogP contribution in [0.5, 0.6) is 0 Å². The molecule has 4 atom stereocenters. The van der Waals surface area contributed by atoms with Crippen LogP contribution in [0.25, 0.3) is 0 Å². The van der Waals surface area contributed by atoms with E-state index in [9.17, 15) is 26.4 Å². The first-order valence-electron chi connectivity index (χ1n) is 12.4. The third kappa shape index (κ3) is 11.5. The number of ether oxygens (including phenoxy) is 1. The van der Waals surface area contributed by atoms with Gasteiger partial charge in [-0.1, -0.05) is 43.3 Å². The number of hydrogen-bond acceptors (Lipinski definition) is 8. The zero-order valence-electron chi connectivity index (χ0n) is 22.2. The molecule has 0 unspecified atom stereocenters. The van der Waals surface area contributed by atoms with E-state index in [2.05, 4.69) is 43.8 Å². The largest absolute Gasteiger partial charge is 0.463 e. The van der Waals surface area contributed by atoms with Crippen molar-refractivity contribution in [2.75, 3.05) is 0 Å². The molecule has 2 aromatic rings. The van der Waals surface area contributed by atoms with Crippen molar-refractivity contribution in [1.82, 2.24) is 0 Å². The van der Waals surface area contributed by atoms with Crippen molar-refractivity contribution in [3.63, 3.8) is 0 Å². The third-order valence-corrected chi connectivity index (χ3v) is 15.5. The summed E-state index contributed by atoms with van der Waals surface area (Å²) in [6, 6.07) is 16.7.